The Balaban J connectivity index is 1.58. The predicted octanol–water partition coefficient (Wildman–Crippen LogP) is 7.28. The Kier molecular flexibility index (Phi) is 10.1. The van der Waals surface area contributed by atoms with Crippen molar-refractivity contribution in [2.45, 2.75) is 63.7 Å². The number of rotatable bonds is 11. The molecule has 4 aromatic rings. The molecular formula is C40H41N3O4. The van der Waals surface area contributed by atoms with Crippen molar-refractivity contribution in [3.63, 3.8) is 0 Å². The summed E-state index contributed by atoms with van der Waals surface area (Å²) in [7, 11) is 0. The van der Waals surface area contributed by atoms with Gasteiger partial charge in [0, 0.05) is 18.3 Å². The highest BCUT2D eigenvalue weighted by molar-refractivity contribution is 6.16. The molecule has 1 heterocycles. The van der Waals surface area contributed by atoms with Gasteiger partial charge in [-0.05, 0) is 48.6 Å². The van der Waals surface area contributed by atoms with Crippen LogP contribution in [-0.4, -0.2) is 35.3 Å². The minimum Gasteiger partial charge on any atom is -0.463 e. The Hall–Kier alpha value is -5.17. The first kappa shape index (κ1) is 31.8. The first-order valence-corrected chi connectivity index (χ1v) is 16.6. The van der Waals surface area contributed by atoms with Gasteiger partial charge < -0.3 is 15.0 Å². The monoisotopic (exact) mass is 627 g/mol. The maximum atomic E-state index is 15.1. The molecule has 7 nitrogen and oxygen atoms in total. The Labute approximate surface area is 276 Å². The van der Waals surface area contributed by atoms with Crippen molar-refractivity contribution in [2.24, 2.45) is 0 Å². The molecule has 2 unspecified atom stereocenters. The molecule has 1 N–H and O–H groups in total. The number of carbonyl (C=O) groups excluding carboxylic acids is 3. The number of para-hydroxylation sites is 1. The summed E-state index contributed by atoms with van der Waals surface area (Å²) in [5.41, 5.74) is 3.43. The highest BCUT2D eigenvalue weighted by Gasteiger charge is 2.49. The van der Waals surface area contributed by atoms with E-state index in [-0.39, 0.29) is 42.3 Å². The van der Waals surface area contributed by atoms with Crippen LogP contribution >= 0.6 is 0 Å². The van der Waals surface area contributed by atoms with E-state index in [4.69, 9.17) is 4.74 Å². The van der Waals surface area contributed by atoms with E-state index in [0.717, 1.165) is 48.8 Å². The minimum atomic E-state index is -0.895. The van der Waals surface area contributed by atoms with Gasteiger partial charge in [0.05, 0.1) is 18.2 Å². The van der Waals surface area contributed by atoms with E-state index in [0.29, 0.717) is 5.69 Å². The molecule has 1 aliphatic heterocycles. The Morgan fingerprint density at radius 1 is 0.809 bits per heavy atom. The van der Waals surface area contributed by atoms with Gasteiger partial charge in [0.2, 0.25) is 5.91 Å². The largest absolute Gasteiger partial charge is 0.463 e. The molecule has 2 aliphatic rings. The van der Waals surface area contributed by atoms with Gasteiger partial charge in [-0.1, -0.05) is 128 Å². The van der Waals surface area contributed by atoms with Crippen LogP contribution in [0.2, 0.25) is 0 Å². The second kappa shape index (κ2) is 14.9. The quantitative estimate of drug-likeness (QED) is 0.177. The summed E-state index contributed by atoms with van der Waals surface area (Å²) >= 11 is 0. The maximum absolute atomic E-state index is 15.1. The number of carbonyl (C=O) groups is 3. The topological polar surface area (TPSA) is 79.0 Å². The van der Waals surface area contributed by atoms with Crippen LogP contribution in [-0.2, 0) is 25.7 Å². The van der Waals surface area contributed by atoms with Crippen molar-refractivity contribution in [1.29, 1.82) is 0 Å². The molecule has 2 amide bonds. The lowest BCUT2D eigenvalue weighted by molar-refractivity contribution is -0.139. The van der Waals surface area contributed by atoms with Crippen molar-refractivity contribution in [3.05, 3.63) is 149 Å². The summed E-state index contributed by atoms with van der Waals surface area (Å²) in [4.78, 5) is 47.3. The van der Waals surface area contributed by atoms with E-state index >= 15 is 4.79 Å². The molecule has 47 heavy (non-hydrogen) atoms. The van der Waals surface area contributed by atoms with Crippen molar-refractivity contribution < 1.29 is 19.1 Å². The van der Waals surface area contributed by atoms with Crippen LogP contribution in [0.25, 0.3) is 0 Å². The van der Waals surface area contributed by atoms with Gasteiger partial charge >= 0.3 is 5.97 Å². The Bertz CT molecular complexity index is 1690. The molecule has 1 saturated carbocycles. The van der Waals surface area contributed by atoms with E-state index in [1.54, 1.807) is 11.8 Å². The summed E-state index contributed by atoms with van der Waals surface area (Å²) in [6.45, 7) is 2.11. The van der Waals surface area contributed by atoms with Crippen LogP contribution in [0.1, 0.15) is 67.8 Å². The number of nitrogens with zero attached hydrogens (tertiary/aromatic N) is 2. The lowest BCUT2D eigenvalue weighted by Gasteiger charge is -2.35. The van der Waals surface area contributed by atoms with E-state index in [1.807, 2.05) is 126 Å². The average Bonchev–Trinajstić information content (AvgIpc) is 3.42. The lowest BCUT2D eigenvalue weighted by atomic mass is 9.94. The first-order valence-electron chi connectivity index (χ1n) is 16.6. The number of esters is 1. The number of hydrogen-bond acceptors (Lipinski definition) is 5. The molecule has 0 spiro atoms. The second-order valence-electron chi connectivity index (χ2n) is 12.1. The molecule has 0 radical (unpaired) electrons. The highest BCUT2D eigenvalue weighted by atomic mass is 16.5. The van der Waals surface area contributed by atoms with E-state index in [9.17, 15) is 9.59 Å². The molecule has 6 rings (SSSR count). The lowest BCUT2D eigenvalue weighted by Crippen LogP contribution is -2.46. The average molecular weight is 628 g/mol. The summed E-state index contributed by atoms with van der Waals surface area (Å²) in [5.74, 6) is -1.15. The number of amides is 2. The summed E-state index contributed by atoms with van der Waals surface area (Å²) < 4.78 is 5.71. The molecule has 1 aliphatic carbocycles. The van der Waals surface area contributed by atoms with E-state index in [1.165, 1.54) is 0 Å². The zero-order valence-corrected chi connectivity index (χ0v) is 26.8. The normalized spacial score (nSPS) is 17.3. The Morgan fingerprint density at radius 3 is 2.00 bits per heavy atom. The molecule has 7 heteroatoms. The Morgan fingerprint density at radius 2 is 1.38 bits per heavy atom. The van der Waals surface area contributed by atoms with Crippen molar-refractivity contribution in [1.82, 2.24) is 10.2 Å². The highest BCUT2D eigenvalue weighted by Crippen LogP contribution is 2.45. The van der Waals surface area contributed by atoms with Gasteiger partial charge in [-0.2, -0.15) is 0 Å². The zero-order chi connectivity index (χ0) is 32.6. The number of hydrogen-bond donors (Lipinski definition) is 1. The molecule has 240 valence electrons. The number of ether oxygens (including phenoxy) is 1. The van der Waals surface area contributed by atoms with Gasteiger partial charge in [0.1, 0.15) is 11.7 Å². The van der Waals surface area contributed by atoms with Crippen LogP contribution in [0.15, 0.2) is 133 Å². The molecular weight excluding hydrogens is 586 g/mol. The van der Waals surface area contributed by atoms with Crippen molar-refractivity contribution in [3.8, 4) is 0 Å². The number of benzene rings is 4. The van der Waals surface area contributed by atoms with Crippen LogP contribution < -0.4 is 10.2 Å². The fourth-order valence-corrected chi connectivity index (χ4v) is 6.82. The fourth-order valence-electron chi connectivity index (χ4n) is 6.82. The van der Waals surface area contributed by atoms with Crippen molar-refractivity contribution >= 4 is 23.5 Å². The molecule has 4 aromatic carbocycles. The summed E-state index contributed by atoms with van der Waals surface area (Å²) in [5, 5.41) is 3.33. The van der Waals surface area contributed by atoms with Crippen LogP contribution in [0.5, 0.6) is 0 Å². The fraction of sp³-hybridized carbons (Fsp3) is 0.275. The third-order valence-electron chi connectivity index (χ3n) is 8.96. The van der Waals surface area contributed by atoms with Gasteiger partial charge in [-0.15, -0.1) is 0 Å². The summed E-state index contributed by atoms with van der Waals surface area (Å²) in [6, 6.07) is 36.6. The van der Waals surface area contributed by atoms with E-state index < -0.39 is 18.1 Å². The minimum absolute atomic E-state index is 0.0525. The SMILES string of the molecule is CCOC(=O)C1=C(N(Cc2ccccc2)C(C(=O)NC2CCCCC2)c2ccccc2)C(=O)N(c2ccccc2)C1c1ccccc1. The van der Waals surface area contributed by atoms with Crippen LogP contribution in [0.3, 0.4) is 0 Å². The second-order valence-corrected chi connectivity index (χ2v) is 12.1. The van der Waals surface area contributed by atoms with Crippen LogP contribution in [0, 0.1) is 0 Å². The smallest absolute Gasteiger partial charge is 0.338 e. The number of nitrogens with one attached hydrogen (secondary N) is 1. The zero-order valence-electron chi connectivity index (χ0n) is 26.8. The van der Waals surface area contributed by atoms with Gasteiger partial charge in [0.15, 0.2) is 0 Å². The van der Waals surface area contributed by atoms with Crippen molar-refractivity contribution in [2.75, 3.05) is 11.5 Å². The molecule has 0 bridgehead atoms. The van der Waals surface area contributed by atoms with E-state index in [2.05, 4.69) is 5.32 Å². The number of anilines is 1. The third-order valence-corrected chi connectivity index (χ3v) is 8.96. The van der Waals surface area contributed by atoms with Gasteiger partial charge in [-0.3, -0.25) is 14.5 Å². The first-order chi connectivity index (χ1) is 23.1. The van der Waals surface area contributed by atoms with Crippen LogP contribution in [0.4, 0.5) is 5.69 Å². The molecule has 2 atom stereocenters. The molecule has 0 aromatic heterocycles. The summed E-state index contributed by atoms with van der Waals surface area (Å²) in [6.07, 6.45) is 5.13. The standard InChI is InChI=1S/C40H41N3O4/c1-2-47-40(46)34-35(30-20-10-4-11-21-30)43(33-26-16-7-17-27-33)39(45)37(34)42(28-29-18-8-3-9-19-29)36(31-22-12-5-13-23-31)38(44)41-32-24-14-6-15-25-32/h3-5,7-13,16-23,26-27,32,35-36H,2,6,14-15,24-25,28H2,1H3,(H,41,44). The molecule has 1 fully saturated rings. The van der Waals surface area contributed by atoms with Gasteiger partial charge in [0.25, 0.3) is 5.91 Å². The molecule has 0 saturated heterocycles. The van der Waals surface area contributed by atoms with Gasteiger partial charge in [-0.25, -0.2) is 4.79 Å². The maximum Gasteiger partial charge on any atom is 0.338 e. The predicted molar refractivity (Wildman–Crippen MR) is 183 cm³/mol. The third kappa shape index (κ3) is 6.99.